The normalized spacial score (nSPS) is 18.6. The Kier molecular flexibility index (Phi) is 7.38. The summed E-state index contributed by atoms with van der Waals surface area (Å²) in [6.45, 7) is 0. The Balaban J connectivity index is 1.57. The predicted octanol–water partition coefficient (Wildman–Crippen LogP) is 3.63. The van der Waals surface area contributed by atoms with Crippen LogP contribution in [0.15, 0.2) is 48.6 Å². The summed E-state index contributed by atoms with van der Waals surface area (Å²) in [7, 11) is 0. The van der Waals surface area contributed by atoms with Crippen molar-refractivity contribution in [2.75, 3.05) is 0 Å². The fourth-order valence-corrected chi connectivity index (χ4v) is 3.33. The van der Waals surface area contributed by atoms with Gasteiger partial charge in [-0.1, -0.05) is 12.1 Å². The van der Waals surface area contributed by atoms with Crippen molar-refractivity contribution in [3.8, 4) is 23.0 Å². The molecule has 1 aliphatic carbocycles. The van der Waals surface area contributed by atoms with Gasteiger partial charge < -0.3 is 29.9 Å². The van der Waals surface area contributed by atoms with Crippen LogP contribution in [0.2, 0.25) is 0 Å². The average molecular weight is 440 g/mol. The van der Waals surface area contributed by atoms with E-state index in [2.05, 4.69) is 0 Å². The maximum absolute atomic E-state index is 12.2. The second-order valence-corrected chi connectivity index (χ2v) is 7.40. The van der Waals surface area contributed by atoms with E-state index in [4.69, 9.17) is 9.47 Å². The lowest BCUT2D eigenvalue weighted by molar-refractivity contribution is -0.165. The number of phenols is 4. The number of esters is 2. The molecule has 3 rings (SSSR count). The number of carbonyl (C=O) groups is 2. The molecule has 0 bridgehead atoms. The molecule has 0 heterocycles. The highest BCUT2D eigenvalue weighted by Crippen LogP contribution is 2.27. The van der Waals surface area contributed by atoms with Gasteiger partial charge in [0.2, 0.25) is 0 Å². The van der Waals surface area contributed by atoms with Gasteiger partial charge in [0.15, 0.2) is 23.0 Å². The zero-order valence-corrected chi connectivity index (χ0v) is 17.2. The van der Waals surface area contributed by atoms with Crippen LogP contribution < -0.4 is 0 Å². The van der Waals surface area contributed by atoms with Gasteiger partial charge in [0.05, 0.1) is 0 Å². The van der Waals surface area contributed by atoms with Gasteiger partial charge in [0.25, 0.3) is 0 Å². The van der Waals surface area contributed by atoms with E-state index in [1.165, 1.54) is 60.7 Å². The van der Waals surface area contributed by atoms with Gasteiger partial charge in [-0.05, 0) is 73.2 Å². The van der Waals surface area contributed by atoms with Crippen LogP contribution in [-0.4, -0.2) is 44.6 Å². The molecule has 4 N–H and O–H groups in total. The van der Waals surface area contributed by atoms with E-state index >= 15 is 0 Å². The lowest BCUT2D eigenvalue weighted by atomic mass is 9.94. The van der Waals surface area contributed by atoms with E-state index in [0.717, 1.165) is 12.8 Å². The SMILES string of the molecule is O=C(/C=C\c1ccc(O)c(O)c1)OC1CCCCC1OC(=O)/C=C\c1ccc(O)c(O)c1. The molecular weight excluding hydrogens is 416 g/mol. The van der Waals surface area contributed by atoms with Crippen molar-refractivity contribution in [2.45, 2.75) is 37.9 Å². The number of aromatic hydroxyl groups is 4. The summed E-state index contributed by atoms with van der Waals surface area (Å²) < 4.78 is 10.9. The molecule has 0 radical (unpaired) electrons. The molecule has 0 saturated heterocycles. The van der Waals surface area contributed by atoms with Crippen molar-refractivity contribution in [3.05, 3.63) is 59.7 Å². The van der Waals surface area contributed by atoms with E-state index in [1.54, 1.807) is 0 Å². The molecular formula is C24H24O8. The van der Waals surface area contributed by atoms with Crippen molar-refractivity contribution in [3.63, 3.8) is 0 Å². The molecule has 168 valence electrons. The molecule has 1 aliphatic rings. The number of ether oxygens (including phenoxy) is 2. The Labute approximate surface area is 184 Å². The second-order valence-electron chi connectivity index (χ2n) is 7.40. The van der Waals surface area contributed by atoms with Crippen molar-refractivity contribution < 1.29 is 39.5 Å². The molecule has 0 spiro atoms. The van der Waals surface area contributed by atoms with Gasteiger partial charge in [-0.3, -0.25) is 0 Å². The number of hydrogen-bond acceptors (Lipinski definition) is 8. The van der Waals surface area contributed by atoms with Crippen LogP contribution >= 0.6 is 0 Å². The Bertz CT molecular complexity index is 957. The summed E-state index contributed by atoms with van der Waals surface area (Å²) in [5.74, 6) is -2.33. The van der Waals surface area contributed by atoms with Gasteiger partial charge in [-0.2, -0.15) is 0 Å². The van der Waals surface area contributed by atoms with Gasteiger partial charge in [-0.25, -0.2) is 9.59 Å². The standard InChI is InChI=1S/C24H24O8/c25-17-9-5-15(13-19(17)27)7-11-23(29)31-21-3-1-2-4-22(21)32-24(30)12-8-16-6-10-18(26)20(28)14-16/h5-14,21-22,25-28H,1-4H2/b11-7-,12-8-. The minimum Gasteiger partial charge on any atom is -0.504 e. The molecule has 8 nitrogen and oxygen atoms in total. The maximum Gasteiger partial charge on any atom is 0.331 e. The highest BCUT2D eigenvalue weighted by Gasteiger charge is 2.30. The van der Waals surface area contributed by atoms with Crippen molar-refractivity contribution >= 4 is 24.1 Å². The van der Waals surface area contributed by atoms with Gasteiger partial charge >= 0.3 is 11.9 Å². The minimum absolute atomic E-state index is 0.257. The lowest BCUT2D eigenvalue weighted by Gasteiger charge is -2.30. The molecule has 2 aromatic carbocycles. The van der Waals surface area contributed by atoms with Crippen LogP contribution in [0.1, 0.15) is 36.8 Å². The van der Waals surface area contributed by atoms with Crippen LogP contribution in [-0.2, 0) is 19.1 Å². The smallest absolute Gasteiger partial charge is 0.331 e. The molecule has 2 unspecified atom stereocenters. The Hall–Kier alpha value is -3.94. The van der Waals surface area contributed by atoms with Crippen molar-refractivity contribution in [1.82, 2.24) is 0 Å². The summed E-state index contributed by atoms with van der Waals surface area (Å²) in [4.78, 5) is 24.4. The number of benzene rings is 2. The first kappa shape index (κ1) is 22.7. The maximum atomic E-state index is 12.2. The van der Waals surface area contributed by atoms with Gasteiger partial charge in [0.1, 0.15) is 12.2 Å². The summed E-state index contributed by atoms with van der Waals surface area (Å²) >= 11 is 0. The molecule has 8 heteroatoms. The van der Waals surface area contributed by atoms with Gasteiger partial charge in [-0.15, -0.1) is 0 Å². The predicted molar refractivity (Wildman–Crippen MR) is 116 cm³/mol. The number of hydrogen-bond donors (Lipinski definition) is 4. The van der Waals surface area contributed by atoms with Crippen LogP contribution in [0.3, 0.4) is 0 Å². The fourth-order valence-electron chi connectivity index (χ4n) is 3.33. The third kappa shape index (κ3) is 6.28. The Morgan fingerprint density at radius 2 is 1.09 bits per heavy atom. The molecule has 2 aromatic rings. The molecule has 1 saturated carbocycles. The summed E-state index contributed by atoms with van der Waals surface area (Å²) in [6.07, 6.45) is 6.94. The first-order valence-electron chi connectivity index (χ1n) is 10.1. The molecule has 32 heavy (non-hydrogen) atoms. The third-order valence-electron chi connectivity index (χ3n) is 5.00. The third-order valence-corrected chi connectivity index (χ3v) is 5.00. The Morgan fingerprint density at radius 1 is 0.688 bits per heavy atom. The second kappa shape index (κ2) is 10.4. The molecule has 1 fully saturated rings. The summed E-state index contributed by atoms with van der Waals surface area (Å²) in [6, 6.07) is 8.30. The van der Waals surface area contributed by atoms with Crippen molar-refractivity contribution in [1.29, 1.82) is 0 Å². The zero-order valence-electron chi connectivity index (χ0n) is 17.2. The quantitative estimate of drug-likeness (QED) is 0.304. The highest BCUT2D eigenvalue weighted by atomic mass is 16.6. The van der Waals surface area contributed by atoms with Gasteiger partial charge in [0, 0.05) is 12.2 Å². The number of rotatable bonds is 6. The van der Waals surface area contributed by atoms with Crippen LogP contribution in [0.4, 0.5) is 0 Å². The fraction of sp³-hybridized carbons (Fsp3) is 0.250. The van der Waals surface area contributed by atoms with Crippen molar-refractivity contribution in [2.24, 2.45) is 0 Å². The average Bonchev–Trinajstić information content (AvgIpc) is 2.77. The molecule has 0 aliphatic heterocycles. The first-order chi connectivity index (χ1) is 15.3. The molecule has 0 amide bonds. The van der Waals surface area contributed by atoms with E-state index in [0.29, 0.717) is 24.0 Å². The largest absolute Gasteiger partial charge is 0.504 e. The Morgan fingerprint density at radius 3 is 1.47 bits per heavy atom. The van der Waals surface area contributed by atoms with Crippen LogP contribution in [0, 0.1) is 0 Å². The topological polar surface area (TPSA) is 134 Å². The van der Waals surface area contributed by atoms with Crippen LogP contribution in [0.5, 0.6) is 23.0 Å². The van der Waals surface area contributed by atoms with E-state index in [-0.39, 0.29) is 23.0 Å². The molecule has 2 atom stereocenters. The minimum atomic E-state index is -0.611. The number of carbonyl (C=O) groups excluding carboxylic acids is 2. The summed E-state index contributed by atoms with van der Waals surface area (Å²) in [5, 5.41) is 37.7. The first-order valence-corrected chi connectivity index (χ1v) is 10.1. The highest BCUT2D eigenvalue weighted by molar-refractivity contribution is 5.88. The van der Waals surface area contributed by atoms with Crippen LogP contribution in [0.25, 0.3) is 12.2 Å². The van der Waals surface area contributed by atoms with E-state index < -0.39 is 24.1 Å². The molecule has 0 aromatic heterocycles. The lowest BCUT2D eigenvalue weighted by Crippen LogP contribution is -2.37. The zero-order chi connectivity index (χ0) is 23.1. The van der Waals surface area contributed by atoms with E-state index in [9.17, 15) is 30.0 Å². The number of phenolic OH excluding ortho intramolecular Hbond substituents is 4. The summed E-state index contributed by atoms with van der Waals surface area (Å²) in [5.41, 5.74) is 1.02. The van der Waals surface area contributed by atoms with E-state index in [1.807, 2.05) is 0 Å². The monoisotopic (exact) mass is 440 g/mol.